The number of hydrogen-bond donors (Lipinski definition) is 0. The van der Waals surface area contributed by atoms with E-state index in [0.717, 1.165) is 5.92 Å². The van der Waals surface area contributed by atoms with Gasteiger partial charge in [0.25, 0.3) is 0 Å². The summed E-state index contributed by atoms with van der Waals surface area (Å²) in [7, 11) is 0. The van der Waals surface area contributed by atoms with Gasteiger partial charge in [-0.2, -0.15) is 0 Å². The Bertz CT molecular complexity index is 224. The minimum absolute atomic E-state index is 0.917. The highest BCUT2D eigenvalue weighted by Crippen LogP contribution is 2.27. The van der Waals surface area contributed by atoms with Crippen molar-refractivity contribution in [1.29, 1.82) is 0 Å². The molecule has 0 radical (unpaired) electrons. The first-order valence-corrected chi connectivity index (χ1v) is 4.85. The summed E-state index contributed by atoms with van der Waals surface area (Å²) >= 11 is 0. The number of hydrogen-bond acceptors (Lipinski definition) is 1. The fourth-order valence-corrected chi connectivity index (χ4v) is 2.03. The molecule has 0 unspecified atom stereocenters. The molecule has 1 aliphatic carbocycles. The third kappa shape index (κ3) is 1.84. The Balaban J connectivity index is 1.94. The molecule has 0 N–H and O–H groups in total. The standard InChI is InChI=1S/C11H15N/c1-2-6-10(5-1)9-11-7-3-4-8-12-11/h3-4,7-8,10H,1-2,5-6,9H2. The summed E-state index contributed by atoms with van der Waals surface area (Å²) in [6.07, 6.45) is 8.77. The lowest BCUT2D eigenvalue weighted by atomic mass is 10.0. The van der Waals surface area contributed by atoms with Crippen molar-refractivity contribution in [3.63, 3.8) is 0 Å². The van der Waals surface area contributed by atoms with Gasteiger partial charge in [-0.05, 0) is 24.5 Å². The first-order chi connectivity index (χ1) is 5.95. The van der Waals surface area contributed by atoms with E-state index in [9.17, 15) is 0 Å². The predicted molar refractivity (Wildman–Crippen MR) is 49.9 cm³/mol. The van der Waals surface area contributed by atoms with Crippen molar-refractivity contribution in [3.05, 3.63) is 30.1 Å². The van der Waals surface area contributed by atoms with Crippen molar-refractivity contribution in [1.82, 2.24) is 4.98 Å². The molecule has 0 saturated heterocycles. The molecule has 2 rings (SSSR count). The van der Waals surface area contributed by atoms with Crippen LogP contribution in [0.2, 0.25) is 0 Å². The van der Waals surface area contributed by atoms with E-state index in [4.69, 9.17) is 0 Å². The highest BCUT2D eigenvalue weighted by Gasteiger charge is 2.15. The Morgan fingerprint density at radius 1 is 1.25 bits per heavy atom. The number of aromatic nitrogens is 1. The van der Waals surface area contributed by atoms with Gasteiger partial charge in [-0.15, -0.1) is 0 Å². The summed E-state index contributed by atoms with van der Waals surface area (Å²) in [6, 6.07) is 6.20. The Labute approximate surface area is 73.8 Å². The van der Waals surface area contributed by atoms with Crippen LogP contribution in [0.25, 0.3) is 0 Å². The average Bonchev–Trinajstić information content (AvgIpc) is 2.59. The van der Waals surface area contributed by atoms with E-state index in [2.05, 4.69) is 17.1 Å². The SMILES string of the molecule is c1ccc(CC2CCCC2)nc1. The zero-order valence-corrected chi connectivity index (χ0v) is 7.37. The van der Waals surface area contributed by atoms with Crippen LogP contribution in [0.4, 0.5) is 0 Å². The second kappa shape index (κ2) is 3.70. The van der Waals surface area contributed by atoms with E-state index in [1.165, 1.54) is 37.8 Å². The van der Waals surface area contributed by atoms with Gasteiger partial charge >= 0.3 is 0 Å². The molecular weight excluding hydrogens is 146 g/mol. The van der Waals surface area contributed by atoms with Crippen LogP contribution in [-0.2, 0) is 6.42 Å². The maximum atomic E-state index is 4.34. The van der Waals surface area contributed by atoms with Gasteiger partial charge in [0.2, 0.25) is 0 Å². The van der Waals surface area contributed by atoms with E-state index in [1.54, 1.807) is 0 Å². The van der Waals surface area contributed by atoms with Gasteiger partial charge < -0.3 is 0 Å². The van der Waals surface area contributed by atoms with E-state index in [1.807, 2.05) is 12.3 Å². The first kappa shape index (κ1) is 7.78. The highest BCUT2D eigenvalue weighted by atomic mass is 14.7. The van der Waals surface area contributed by atoms with Gasteiger partial charge in [-0.25, -0.2) is 0 Å². The van der Waals surface area contributed by atoms with Gasteiger partial charge in [-0.1, -0.05) is 31.7 Å². The van der Waals surface area contributed by atoms with Crippen LogP contribution >= 0.6 is 0 Å². The molecule has 12 heavy (non-hydrogen) atoms. The summed E-state index contributed by atoms with van der Waals surface area (Å²) < 4.78 is 0. The molecule has 1 aliphatic rings. The average molecular weight is 161 g/mol. The molecule has 1 nitrogen and oxygen atoms in total. The number of nitrogens with zero attached hydrogens (tertiary/aromatic N) is 1. The fourth-order valence-electron chi connectivity index (χ4n) is 2.03. The second-order valence-electron chi connectivity index (χ2n) is 3.68. The predicted octanol–water partition coefficient (Wildman–Crippen LogP) is 2.81. The first-order valence-electron chi connectivity index (χ1n) is 4.85. The summed E-state index contributed by atoms with van der Waals surface area (Å²) in [5, 5.41) is 0. The second-order valence-corrected chi connectivity index (χ2v) is 3.68. The molecule has 1 aromatic heterocycles. The monoisotopic (exact) mass is 161 g/mol. The Hall–Kier alpha value is -0.850. The van der Waals surface area contributed by atoms with Gasteiger partial charge in [0.15, 0.2) is 0 Å². The summed E-state index contributed by atoms with van der Waals surface area (Å²) in [5.41, 5.74) is 1.27. The molecule has 0 bridgehead atoms. The minimum Gasteiger partial charge on any atom is -0.261 e. The van der Waals surface area contributed by atoms with Crippen molar-refractivity contribution >= 4 is 0 Å². The molecule has 1 heterocycles. The third-order valence-electron chi connectivity index (χ3n) is 2.70. The lowest BCUT2D eigenvalue weighted by Gasteiger charge is -2.06. The van der Waals surface area contributed by atoms with Crippen molar-refractivity contribution in [2.75, 3.05) is 0 Å². The van der Waals surface area contributed by atoms with Crippen LogP contribution in [0, 0.1) is 5.92 Å². The molecule has 1 fully saturated rings. The van der Waals surface area contributed by atoms with E-state index in [-0.39, 0.29) is 0 Å². The molecule has 0 aromatic carbocycles. The van der Waals surface area contributed by atoms with Crippen LogP contribution in [0.15, 0.2) is 24.4 Å². The summed E-state index contributed by atoms with van der Waals surface area (Å²) in [4.78, 5) is 4.34. The van der Waals surface area contributed by atoms with Crippen LogP contribution in [0.3, 0.4) is 0 Å². The van der Waals surface area contributed by atoms with Crippen molar-refractivity contribution in [2.24, 2.45) is 5.92 Å². The Morgan fingerprint density at radius 2 is 2.08 bits per heavy atom. The fraction of sp³-hybridized carbons (Fsp3) is 0.545. The largest absolute Gasteiger partial charge is 0.261 e. The molecule has 1 aromatic rings. The molecule has 0 atom stereocenters. The van der Waals surface area contributed by atoms with Crippen LogP contribution in [-0.4, -0.2) is 4.98 Å². The van der Waals surface area contributed by atoms with Crippen LogP contribution in [0.1, 0.15) is 31.4 Å². The Kier molecular flexibility index (Phi) is 2.40. The van der Waals surface area contributed by atoms with Gasteiger partial charge in [0, 0.05) is 11.9 Å². The maximum absolute atomic E-state index is 4.34. The minimum atomic E-state index is 0.917. The van der Waals surface area contributed by atoms with Crippen LogP contribution in [0.5, 0.6) is 0 Å². The highest BCUT2D eigenvalue weighted by molar-refractivity contribution is 5.04. The zero-order chi connectivity index (χ0) is 8.23. The smallest absolute Gasteiger partial charge is 0.0406 e. The third-order valence-corrected chi connectivity index (χ3v) is 2.70. The summed E-state index contributed by atoms with van der Waals surface area (Å²) in [6.45, 7) is 0. The van der Waals surface area contributed by atoms with Crippen molar-refractivity contribution in [2.45, 2.75) is 32.1 Å². The van der Waals surface area contributed by atoms with E-state index < -0.39 is 0 Å². The lowest BCUT2D eigenvalue weighted by Crippen LogP contribution is -1.99. The topological polar surface area (TPSA) is 12.9 Å². The van der Waals surface area contributed by atoms with Gasteiger partial charge in [0.1, 0.15) is 0 Å². The number of rotatable bonds is 2. The lowest BCUT2D eigenvalue weighted by molar-refractivity contribution is 0.539. The number of pyridine rings is 1. The normalized spacial score (nSPS) is 18.3. The molecule has 0 aliphatic heterocycles. The molecule has 0 spiro atoms. The van der Waals surface area contributed by atoms with Gasteiger partial charge in [0.05, 0.1) is 0 Å². The Morgan fingerprint density at radius 3 is 2.75 bits per heavy atom. The van der Waals surface area contributed by atoms with Crippen molar-refractivity contribution in [3.8, 4) is 0 Å². The zero-order valence-electron chi connectivity index (χ0n) is 7.37. The molecule has 1 heteroatoms. The maximum Gasteiger partial charge on any atom is 0.0406 e. The molecule has 64 valence electrons. The van der Waals surface area contributed by atoms with Crippen LogP contribution < -0.4 is 0 Å². The molecular formula is C11H15N. The van der Waals surface area contributed by atoms with Crippen molar-refractivity contribution < 1.29 is 0 Å². The van der Waals surface area contributed by atoms with E-state index in [0.29, 0.717) is 0 Å². The van der Waals surface area contributed by atoms with Gasteiger partial charge in [-0.3, -0.25) is 4.98 Å². The van der Waals surface area contributed by atoms with E-state index >= 15 is 0 Å². The quantitative estimate of drug-likeness (QED) is 0.650. The summed E-state index contributed by atoms with van der Waals surface area (Å²) in [5.74, 6) is 0.917. The molecule has 0 amide bonds. The molecule has 1 saturated carbocycles.